The Morgan fingerprint density at radius 1 is 1.19 bits per heavy atom. The molecule has 0 spiro atoms. The highest BCUT2D eigenvalue weighted by atomic mass is 16.6. The second-order valence-corrected chi connectivity index (χ2v) is 6.89. The van der Waals surface area contributed by atoms with Gasteiger partial charge in [0.25, 0.3) is 0 Å². The zero-order valence-corrected chi connectivity index (χ0v) is 15.4. The SMILES string of the molecule is COc1cccc(-c2ccc3c(c2)OCC(C)(C)C3OC(N)=O)c1OC. The summed E-state index contributed by atoms with van der Waals surface area (Å²) in [6.45, 7) is 4.36. The number of fused-ring (bicyclic) bond motifs is 1. The van der Waals surface area contributed by atoms with E-state index in [0.717, 1.165) is 16.7 Å². The number of carbonyl (C=O) groups excluding carboxylic acids is 1. The Kier molecular flexibility index (Phi) is 4.68. The van der Waals surface area contributed by atoms with Crippen molar-refractivity contribution >= 4 is 6.09 Å². The van der Waals surface area contributed by atoms with Gasteiger partial charge < -0.3 is 24.7 Å². The fourth-order valence-electron chi connectivity index (χ4n) is 3.26. The van der Waals surface area contributed by atoms with Gasteiger partial charge in [-0.15, -0.1) is 0 Å². The van der Waals surface area contributed by atoms with Crippen molar-refractivity contribution in [2.45, 2.75) is 20.0 Å². The number of hydrogen-bond acceptors (Lipinski definition) is 5. The van der Waals surface area contributed by atoms with E-state index in [2.05, 4.69) is 0 Å². The number of benzene rings is 2. The van der Waals surface area contributed by atoms with Crippen molar-refractivity contribution in [1.82, 2.24) is 0 Å². The molecule has 26 heavy (non-hydrogen) atoms. The smallest absolute Gasteiger partial charge is 0.405 e. The first-order chi connectivity index (χ1) is 12.4. The van der Waals surface area contributed by atoms with E-state index in [9.17, 15) is 4.79 Å². The number of rotatable bonds is 4. The van der Waals surface area contributed by atoms with Gasteiger partial charge in [-0.2, -0.15) is 0 Å². The minimum atomic E-state index is -0.797. The van der Waals surface area contributed by atoms with Crippen molar-refractivity contribution in [3.8, 4) is 28.4 Å². The van der Waals surface area contributed by atoms with Crippen LogP contribution in [0.15, 0.2) is 36.4 Å². The van der Waals surface area contributed by atoms with Crippen LogP contribution in [0.25, 0.3) is 11.1 Å². The number of para-hydroxylation sites is 1. The van der Waals surface area contributed by atoms with Gasteiger partial charge in [-0.25, -0.2) is 4.79 Å². The van der Waals surface area contributed by atoms with Crippen LogP contribution in [-0.2, 0) is 4.74 Å². The monoisotopic (exact) mass is 357 g/mol. The van der Waals surface area contributed by atoms with E-state index in [4.69, 9.17) is 24.7 Å². The van der Waals surface area contributed by atoms with Crippen LogP contribution in [0.2, 0.25) is 0 Å². The van der Waals surface area contributed by atoms with Gasteiger partial charge in [-0.1, -0.05) is 38.1 Å². The molecule has 0 aliphatic carbocycles. The number of nitrogens with two attached hydrogens (primary N) is 1. The van der Waals surface area contributed by atoms with Gasteiger partial charge in [0.15, 0.2) is 11.5 Å². The van der Waals surface area contributed by atoms with Gasteiger partial charge in [0.2, 0.25) is 0 Å². The molecule has 0 saturated heterocycles. The van der Waals surface area contributed by atoms with Crippen molar-refractivity contribution in [3.05, 3.63) is 42.0 Å². The van der Waals surface area contributed by atoms with Crippen molar-refractivity contribution in [2.24, 2.45) is 11.1 Å². The topological polar surface area (TPSA) is 80.0 Å². The van der Waals surface area contributed by atoms with Crippen LogP contribution in [-0.4, -0.2) is 26.9 Å². The molecule has 1 atom stereocenters. The molecular weight excluding hydrogens is 334 g/mol. The standard InChI is InChI=1S/C20H23NO5/c1-20(2)11-25-16-10-12(8-9-14(16)18(20)26-19(21)22)13-6-5-7-15(23-3)17(13)24-4/h5-10,18H,11H2,1-4H3,(H2,21,22). The zero-order chi connectivity index (χ0) is 18.9. The van der Waals surface area contributed by atoms with Gasteiger partial charge in [0.05, 0.1) is 20.8 Å². The molecule has 1 heterocycles. The maximum Gasteiger partial charge on any atom is 0.405 e. The highest BCUT2D eigenvalue weighted by molar-refractivity contribution is 5.75. The summed E-state index contributed by atoms with van der Waals surface area (Å²) in [7, 11) is 3.21. The minimum Gasteiger partial charge on any atom is -0.493 e. The Labute approximate surface area is 152 Å². The summed E-state index contributed by atoms with van der Waals surface area (Å²) in [4.78, 5) is 11.3. The Bertz CT molecular complexity index is 831. The molecule has 0 fully saturated rings. The number of carbonyl (C=O) groups is 1. The third-order valence-corrected chi connectivity index (χ3v) is 4.55. The summed E-state index contributed by atoms with van der Waals surface area (Å²) >= 11 is 0. The van der Waals surface area contributed by atoms with Gasteiger partial charge in [0.1, 0.15) is 11.9 Å². The fourth-order valence-corrected chi connectivity index (χ4v) is 3.26. The van der Waals surface area contributed by atoms with Crippen LogP contribution in [0, 0.1) is 5.41 Å². The van der Waals surface area contributed by atoms with Crippen molar-refractivity contribution < 1.29 is 23.7 Å². The van der Waals surface area contributed by atoms with Gasteiger partial charge in [-0.3, -0.25) is 0 Å². The second-order valence-electron chi connectivity index (χ2n) is 6.89. The molecule has 1 aliphatic heterocycles. The summed E-state index contributed by atoms with van der Waals surface area (Å²) in [5.74, 6) is 1.97. The first-order valence-electron chi connectivity index (χ1n) is 8.31. The molecule has 3 rings (SSSR count). The largest absolute Gasteiger partial charge is 0.493 e. The highest BCUT2D eigenvalue weighted by Crippen LogP contribution is 2.47. The molecule has 0 radical (unpaired) electrons. The van der Waals surface area contributed by atoms with Gasteiger partial charge in [0, 0.05) is 16.5 Å². The molecule has 138 valence electrons. The van der Waals surface area contributed by atoms with Crippen LogP contribution in [0.5, 0.6) is 17.2 Å². The molecule has 2 N–H and O–H groups in total. The molecular formula is C20H23NO5. The Morgan fingerprint density at radius 3 is 2.62 bits per heavy atom. The number of methoxy groups -OCH3 is 2. The lowest BCUT2D eigenvalue weighted by Crippen LogP contribution is -2.37. The van der Waals surface area contributed by atoms with Gasteiger partial charge in [-0.05, 0) is 17.7 Å². The Morgan fingerprint density at radius 2 is 1.96 bits per heavy atom. The van der Waals surface area contributed by atoms with Crippen LogP contribution in [0.4, 0.5) is 4.79 Å². The quantitative estimate of drug-likeness (QED) is 0.897. The van der Waals surface area contributed by atoms with E-state index in [1.807, 2.05) is 50.2 Å². The zero-order valence-electron chi connectivity index (χ0n) is 15.4. The van der Waals surface area contributed by atoms with E-state index >= 15 is 0 Å². The summed E-state index contributed by atoms with van der Waals surface area (Å²) in [6.07, 6.45) is -1.26. The second kappa shape index (κ2) is 6.78. The third-order valence-electron chi connectivity index (χ3n) is 4.55. The highest BCUT2D eigenvalue weighted by Gasteiger charge is 2.40. The lowest BCUT2D eigenvalue weighted by atomic mass is 9.80. The van der Waals surface area contributed by atoms with Crippen molar-refractivity contribution in [3.63, 3.8) is 0 Å². The average molecular weight is 357 g/mol. The predicted octanol–water partition coefficient (Wildman–Crippen LogP) is 3.93. The molecule has 0 bridgehead atoms. The number of ether oxygens (including phenoxy) is 4. The molecule has 6 heteroatoms. The van der Waals surface area contributed by atoms with Crippen LogP contribution >= 0.6 is 0 Å². The lowest BCUT2D eigenvalue weighted by Gasteiger charge is -2.38. The van der Waals surface area contributed by atoms with Crippen LogP contribution in [0.3, 0.4) is 0 Å². The molecule has 6 nitrogen and oxygen atoms in total. The number of hydrogen-bond donors (Lipinski definition) is 1. The Hall–Kier alpha value is -2.89. The van der Waals surface area contributed by atoms with E-state index in [0.29, 0.717) is 23.9 Å². The van der Waals surface area contributed by atoms with Crippen LogP contribution in [0.1, 0.15) is 25.5 Å². The van der Waals surface area contributed by atoms with E-state index in [1.165, 1.54) is 0 Å². The Balaban J connectivity index is 2.07. The van der Waals surface area contributed by atoms with Crippen molar-refractivity contribution in [1.29, 1.82) is 0 Å². The first-order valence-corrected chi connectivity index (χ1v) is 8.31. The average Bonchev–Trinajstić information content (AvgIpc) is 2.62. The molecule has 1 amide bonds. The normalized spacial score (nSPS) is 17.6. The molecule has 2 aromatic carbocycles. The summed E-state index contributed by atoms with van der Waals surface area (Å²) in [5, 5.41) is 0. The van der Waals surface area contributed by atoms with E-state index in [1.54, 1.807) is 14.2 Å². The minimum absolute atomic E-state index is 0.378. The summed E-state index contributed by atoms with van der Waals surface area (Å²) < 4.78 is 22.2. The molecule has 1 unspecified atom stereocenters. The number of amides is 1. The fraction of sp³-hybridized carbons (Fsp3) is 0.350. The van der Waals surface area contributed by atoms with E-state index < -0.39 is 12.2 Å². The summed E-state index contributed by atoms with van der Waals surface area (Å²) in [5.41, 5.74) is 7.48. The summed E-state index contributed by atoms with van der Waals surface area (Å²) in [6, 6.07) is 11.5. The maximum absolute atomic E-state index is 11.3. The molecule has 2 aromatic rings. The molecule has 1 aliphatic rings. The van der Waals surface area contributed by atoms with Crippen LogP contribution < -0.4 is 19.9 Å². The lowest BCUT2D eigenvalue weighted by molar-refractivity contribution is -0.0176. The molecule has 0 aromatic heterocycles. The predicted molar refractivity (Wildman–Crippen MR) is 97.7 cm³/mol. The maximum atomic E-state index is 11.3. The van der Waals surface area contributed by atoms with E-state index in [-0.39, 0.29) is 5.41 Å². The number of primary amides is 1. The third kappa shape index (κ3) is 3.14. The first kappa shape index (κ1) is 17.9. The van der Waals surface area contributed by atoms with Gasteiger partial charge >= 0.3 is 6.09 Å². The van der Waals surface area contributed by atoms with Crippen molar-refractivity contribution in [2.75, 3.05) is 20.8 Å². The molecule has 0 saturated carbocycles.